The average Bonchev–Trinajstić information content (AvgIpc) is 2.36. The Hall–Kier alpha value is -1.13. The van der Waals surface area contributed by atoms with Crippen molar-refractivity contribution in [2.45, 2.75) is 52.1 Å². The van der Waals surface area contributed by atoms with Gasteiger partial charge in [-0.15, -0.1) is 0 Å². The van der Waals surface area contributed by atoms with Crippen molar-refractivity contribution >= 4 is 5.82 Å². The van der Waals surface area contributed by atoms with Crippen molar-refractivity contribution in [2.75, 3.05) is 24.7 Å². The third kappa shape index (κ3) is 3.13. The van der Waals surface area contributed by atoms with Gasteiger partial charge in [0.05, 0.1) is 18.8 Å². The smallest absolute Gasteiger partial charge is 0.129 e. The van der Waals surface area contributed by atoms with Crippen LogP contribution in [0.4, 0.5) is 5.82 Å². The molecular formula is C16H27N3O. The molecule has 4 heteroatoms. The van der Waals surface area contributed by atoms with E-state index in [2.05, 4.69) is 51.7 Å². The van der Waals surface area contributed by atoms with Crippen molar-refractivity contribution in [2.24, 2.45) is 5.73 Å². The highest BCUT2D eigenvalue weighted by Crippen LogP contribution is 2.29. The second-order valence-electron chi connectivity index (χ2n) is 7.19. The zero-order valence-electron chi connectivity index (χ0n) is 13.4. The minimum absolute atomic E-state index is 0.0242. The second kappa shape index (κ2) is 5.34. The molecule has 2 N–H and O–H groups in total. The van der Waals surface area contributed by atoms with Gasteiger partial charge in [0, 0.05) is 24.2 Å². The standard InChI is InChI=1S/C16H27N3O/c1-15(2,3)13-8-12(10-17)9-14(18-13)19-6-7-20-11-16(19,4)5/h8-9H,6-7,10-11,17H2,1-5H3. The Morgan fingerprint density at radius 2 is 2.05 bits per heavy atom. The molecule has 1 aromatic heterocycles. The average molecular weight is 277 g/mol. The van der Waals surface area contributed by atoms with Crippen LogP contribution in [0, 0.1) is 0 Å². The quantitative estimate of drug-likeness (QED) is 0.902. The Morgan fingerprint density at radius 3 is 2.60 bits per heavy atom. The molecule has 0 aromatic carbocycles. The first kappa shape index (κ1) is 15.3. The molecule has 0 amide bonds. The summed E-state index contributed by atoms with van der Waals surface area (Å²) in [5, 5.41) is 0. The van der Waals surface area contributed by atoms with E-state index in [0.717, 1.165) is 36.8 Å². The maximum Gasteiger partial charge on any atom is 0.129 e. The predicted molar refractivity (Wildman–Crippen MR) is 83.1 cm³/mol. The van der Waals surface area contributed by atoms with E-state index in [0.29, 0.717) is 6.54 Å². The van der Waals surface area contributed by atoms with Gasteiger partial charge in [0.25, 0.3) is 0 Å². The van der Waals surface area contributed by atoms with E-state index >= 15 is 0 Å². The number of anilines is 1. The van der Waals surface area contributed by atoms with Gasteiger partial charge in [-0.3, -0.25) is 0 Å². The van der Waals surface area contributed by atoms with Crippen LogP contribution in [0.25, 0.3) is 0 Å². The molecule has 0 saturated carbocycles. The fourth-order valence-electron chi connectivity index (χ4n) is 2.49. The Balaban J connectivity index is 2.45. The van der Waals surface area contributed by atoms with E-state index in [9.17, 15) is 0 Å². The highest BCUT2D eigenvalue weighted by atomic mass is 16.5. The van der Waals surface area contributed by atoms with Gasteiger partial charge in [0.2, 0.25) is 0 Å². The first-order valence-corrected chi connectivity index (χ1v) is 7.31. The van der Waals surface area contributed by atoms with Gasteiger partial charge in [0.1, 0.15) is 5.82 Å². The van der Waals surface area contributed by atoms with Gasteiger partial charge in [-0.2, -0.15) is 0 Å². The number of pyridine rings is 1. The van der Waals surface area contributed by atoms with E-state index in [1.165, 1.54) is 0 Å². The van der Waals surface area contributed by atoms with Crippen LogP contribution in [0.5, 0.6) is 0 Å². The summed E-state index contributed by atoms with van der Waals surface area (Å²) >= 11 is 0. The lowest BCUT2D eigenvalue weighted by molar-refractivity contribution is 0.0638. The van der Waals surface area contributed by atoms with Crippen molar-refractivity contribution in [1.82, 2.24) is 4.98 Å². The number of nitrogens with zero attached hydrogens (tertiary/aromatic N) is 2. The van der Waals surface area contributed by atoms with E-state index in [1.807, 2.05) is 0 Å². The summed E-state index contributed by atoms with van der Waals surface area (Å²) in [6.07, 6.45) is 0. The van der Waals surface area contributed by atoms with Crippen LogP contribution in [0.15, 0.2) is 12.1 Å². The van der Waals surface area contributed by atoms with Crippen molar-refractivity contribution in [1.29, 1.82) is 0 Å². The summed E-state index contributed by atoms with van der Waals surface area (Å²) in [5.41, 5.74) is 8.08. The van der Waals surface area contributed by atoms with Crippen LogP contribution in [-0.2, 0) is 16.7 Å². The lowest BCUT2D eigenvalue weighted by Crippen LogP contribution is -2.53. The fraction of sp³-hybridized carbons (Fsp3) is 0.688. The summed E-state index contributed by atoms with van der Waals surface area (Å²) in [6.45, 7) is 13.8. The summed E-state index contributed by atoms with van der Waals surface area (Å²) < 4.78 is 5.60. The van der Waals surface area contributed by atoms with Crippen LogP contribution in [0.1, 0.15) is 45.9 Å². The van der Waals surface area contributed by atoms with Gasteiger partial charge in [-0.25, -0.2) is 4.98 Å². The van der Waals surface area contributed by atoms with Crippen LogP contribution < -0.4 is 10.6 Å². The third-order valence-corrected chi connectivity index (χ3v) is 3.80. The predicted octanol–water partition coefficient (Wildman–Crippen LogP) is 2.45. The zero-order chi connectivity index (χ0) is 15.0. The van der Waals surface area contributed by atoms with E-state index in [1.54, 1.807) is 0 Å². The molecule has 0 aliphatic carbocycles. The molecule has 0 atom stereocenters. The number of morpholine rings is 1. The SMILES string of the molecule is CC(C)(C)c1cc(CN)cc(N2CCOCC2(C)C)n1. The first-order valence-electron chi connectivity index (χ1n) is 7.31. The van der Waals surface area contributed by atoms with Crippen molar-refractivity contribution < 1.29 is 4.74 Å². The number of rotatable bonds is 2. The number of ether oxygens (including phenoxy) is 1. The Labute approximate surface area is 122 Å². The molecule has 0 radical (unpaired) electrons. The minimum atomic E-state index is -0.0341. The number of aromatic nitrogens is 1. The van der Waals surface area contributed by atoms with Crippen LogP contribution in [0.2, 0.25) is 0 Å². The lowest BCUT2D eigenvalue weighted by atomic mass is 9.90. The van der Waals surface area contributed by atoms with Crippen LogP contribution in [0.3, 0.4) is 0 Å². The molecule has 20 heavy (non-hydrogen) atoms. The zero-order valence-corrected chi connectivity index (χ0v) is 13.4. The largest absolute Gasteiger partial charge is 0.377 e. The van der Waals surface area contributed by atoms with Gasteiger partial charge in [0.15, 0.2) is 0 Å². The molecule has 1 saturated heterocycles. The maximum absolute atomic E-state index is 5.86. The van der Waals surface area contributed by atoms with Gasteiger partial charge in [-0.1, -0.05) is 20.8 Å². The molecule has 0 unspecified atom stereocenters. The Kier molecular flexibility index (Phi) is 4.07. The van der Waals surface area contributed by atoms with Crippen LogP contribution >= 0.6 is 0 Å². The molecule has 4 nitrogen and oxygen atoms in total. The number of nitrogens with two attached hydrogens (primary N) is 1. The molecular weight excluding hydrogens is 250 g/mol. The van der Waals surface area contributed by atoms with E-state index in [4.69, 9.17) is 15.5 Å². The molecule has 1 aliphatic heterocycles. The molecule has 112 valence electrons. The van der Waals surface area contributed by atoms with Gasteiger partial charge in [-0.05, 0) is 31.5 Å². The first-order chi connectivity index (χ1) is 9.24. The highest BCUT2D eigenvalue weighted by Gasteiger charge is 2.32. The second-order valence-corrected chi connectivity index (χ2v) is 7.19. The monoisotopic (exact) mass is 277 g/mol. The normalized spacial score (nSPS) is 19.2. The molecule has 0 spiro atoms. The summed E-state index contributed by atoms with van der Waals surface area (Å²) in [7, 11) is 0. The molecule has 0 bridgehead atoms. The summed E-state index contributed by atoms with van der Waals surface area (Å²) in [5.74, 6) is 1.02. The summed E-state index contributed by atoms with van der Waals surface area (Å²) in [4.78, 5) is 7.22. The molecule has 1 fully saturated rings. The molecule has 1 aromatic rings. The minimum Gasteiger partial charge on any atom is -0.377 e. The van der Waals surface area contributed by atoms with Crippen molar-refractivity contribution in [3.8, 4) is 0 Å². The summed E-state index contributed by atoms with van der Waals surface area (Å²) in [6, 6.07) is 4.24. The number of hydrogen-bond donors (Lipinski definition) is 1. The molecule has 2 heterocycles. The fourth-order valence-corrected chi connectivity index (χ4v) is 2.49. The third-order valence-electron chi connectivity index (χ3n) is 3.80. The van der Waals surface area contributed by atoms with E-state index < -0.39 is 0 Å². The molecule has 1 aliphatic rings. The molecule has 2 rings (SSSR count). The van der Waals surface area contributed by atoms with Crippen molar-refractivity contribution in [3.05, 3.63) is 23.4 Å². The van der Waals surface area contributed by atoms with Gasteiger partial charge < -0.3 is 15.4 Å². The van der Waals surface area contributed by atoms with Crippen LogP contribution in [-0.4, -0.2) is 30.3 Å². The topological polar surface area (TPSA) is 51.4 Å². The lowest BCUT2D eigenvalue weighted by Gasteiger charge is -2.43. The number of hydrogen-bond acceptors (Lipinski definition) is 4. The Bertz CT molecular complexity index is 477. The maximum atomic E-state index is 5.86. The highest BCUT2D eigenvalue weighted by molar-refractivity contribution is 5.46. The van der Waals surface area contributed by atoms with Crippen molar-refractivity contribution in [3.63, 3.8) is 0 Å². The van der Waals surface area contributed by atoms with E-state index in [-0.39, 0.29) is 11.0 Å². The Morgan fingerprint density at radius 1 is 1.35 bits per heavy atom. The van der Waals surface area contributed by atoms with Gasteiger partial charge >= 0.3 is 0 Å².